The van der Waals surface area contributed by atoms with Crippen molar-refractivity contribution in [2.24, 2.45) is 5.92 Å². The molecule has 0 aliphatic heterocycles. The molecule has 2 atom stereocenters. The van der Waals surface area contributed by atoms with Crippen molar-refractivity contribution in [3.8, 4) is 11.5 Å². The van der Waals surface area contributed by atoms with E-state index in [1.165, 1.54) is 19.3 Å². The summed E-state index contributed by atoms with van der Waals surface area (Å²) in [6, 6.07) is 5.32. The molecule has 1 aromatic carbocycles. The van der Waals surface area contributed by atoms with Crippen LogP contribution in [0, 0.1) is 5.92 Å². The first-order valence-corrected chi connectivity index (χ1v) is 9.11. The Hall–Kier alpha value is -1.48. The van der Waals surface area contributed by atoms with Crippen molar-refractivity contribution in [3.05, 3.63) is 29.8 Å². The molecular formula is C21H34O3. The van der Waals surface area contributed by atoms with E-state index in [2.05, 4.69) is 27.7 Å². The van der Waals surface area contributed by atoms with Gasteiger partial charge in [-0.1, -0.05) is 58.3 Å². The SMILES string of the molecule is CCC(C)CCCC(C)(CC)OC/C=C/c1ccc(O)c(OC)c1. The van der Waals surface area contributed by atoms with Crippen LogP contribution in [-0.4, -0.2) is 24.4 Å². The number of rotatable bonds is 11. The van der Waals surface area contributed by atoms with E-state index < -0.39 is 0 Å². The molecule has 0 aromatic heterocycles. The van der Waals surface area contributed by atoms with Crippen LogP contribution in [0.15, 0.2) is 24.3 Å². The number of ether oxygens (including phenoxy) is 2. The highest BCUT2D eigenvalue weighted by atomic mass is 16.5. The molecule has 0 amide bonds. The lowest BCUT2D eigenvalue weighted by Gasteiger charge is -2.28. The zero-order chi connectivity index (χ0) is 18.0. The van der Waals surface area contributed by atoms with Gasteiger partial charge in [0, 0.05) is 0 Å². The number of benzene rings is 1. The van der Waals surface area contributed by atoms with E-state index in [-0.39, 0.29) is 11.4 Å². The minimum Gasteiger partial charge on any atom is -0.504 e. The number of phenols is 1. The van der Waals surface area contributed by atoms with Crippen molar-refractivity contribution in [2.45, 2.75) is 65.4 Å². The van der Waals surface area contributed by atoms with Crippen molar-refractivity contribution in [1.82, 2.24) is 0 Å². The molecule has 1 aromatic rings. The van der Waals surface area contributed by atoms with Crippen molar-refractivity contribution in [3.63, 3.8) is 0 Å². The summed E-state index contributed by atoms with van der Waals surface area (Å²) in [6.07, 6.45) is 9.90. The highest BCUT2D eigenvalue weighted by molar-refractivity contribution is 5.55. The van der Waals surface area contributed by atoms with Gasteiger partial charge in [-0.3, -0.25) is 0 Å². The molecule has 24 heavy (non-hydrogen) atoms. The van der Waals surface area contributed by atoms with Gasteiger partial charge in [-0.25, -0.2) is 0 Å². The summed E-state index contributed by atoms with van der Waals surface area (Å²) < 4.78 is 11.3. The molecule has 0 heterocycles. The van der Waals surface area contributed by atoms with E-state index in [1.54, 1.807) is 13.2 Å². The third-order valence-electron chi connectivity index (χ3n) is 4.89. The van der Waals surface area contributed by atoms with Crippen LogP contribution in [0.5, 0.6) is 11.5 Å². The number of hydrogen-bond donors (Lipinski definition) is 1. The summed E-state index contributed by atoms with van der Waals surface area (Å²) in [5.74, 6) is 1.45. The molecule has 1 rings (SSSR count). The summed E-state index contributed by atoms with van der Waals surface area (Å²) in [5, 5.41) is 9.61. The Balaban J connectivity index is 2.47. The van der Waals surface area contributed by atoms with Crippen LogP contribution in [0.4, 0.5) is 0 Å². The number of hydrogen-bond acceptors (Lipinski definition) is 3. The van der Waals surface area contributed by atoms with Gasteiger partial charge < -0.3 is 14.6 Å². The number of methoxy groups -OCH3 is 1. The Kier molecular flexibility index (Phi) is 8.91. The predicted molar refractivity (Wildman–Crippen MR) is 102 cm³/mol. The van der Waals surface area contributed by atoms with Gasteiger partial charge in [-0.2, -0.15) is 0 Å². The van der Waals surface area contributed by atoms with Gasteiger partial charge in [0.25, 0.3) is 0 Å². The third kappa shape index (κ3) is 6.96. The molecule has 3 nitrogen and oxygen atoms in total. The second-order valence-electron chi connectivity index (χ2n) is 6.85. The van der Waals surface area contributed by atoms with Gasteiger partial charge in [0.1, 0.15) is 0 Å². The molecule has 136 valence electrons. The monoisotopic (exact) mass is 334 g/mol. The Bertz CT molecular complexity index is 510. The second-order valence-corrected chi connectivity index (χ2v) is 6.85. The fraction of sp³-hybridized carbons (Fsp3) is 0.619. The first-order chi connectivity index (χ1) is 11.4. The quantitative estimate of drug-likeness (QED) is 0.554. The predicted octanol–water partition coefficient (Wildman–Crippen LogP) is 5.82. The summed E-state index contributed by atoms with van der Waals surface area (Å²) in [7, 11) is 1.55. The molecule has 0 aliphatic rings. The normalized spacial score (nSPS) is 15.4. The zero-order valence-corrected chi connectivity index (χ0v) is 16.0. The van der Waals surface area contributed by atoms with Crippen LogP contribution in [0.1, 0.15) is 65.4 Å². The standard InChI is InChI=1S/C21H34O3/c1-6-17(3)10-8-14-21(4,7-2)24-15-9-11-18-12-13-19(22)20(16-18)23-5/h9,11-13,16-17,22H,6-8,10,14-15H2,1-5H3/b11-9+. The van der Waals surface area contributed by atoms with Crippen LogP contribution in [-0.2, 0) is 4.74 Å². The van der Waals surface area contributed by atoms with Gasteiger partial charge in [0.2, 0.25) is 0 Å². The smallest absolute Gasteiger partial charge is 0.161 e. The molecule has 0 saturated heterocycles. The van der Waals surface area contributed by atoms with Crippen LogP contribution in [0.3, 0.4) is 0 Å². The fourth-order valence-electron chi connectivity index (χ4n) is 2.61. The molecule has 0 spiro atoms. The van der Waals surface area contributed by atoms with E-state index in [0.29, 0.717) is 12.4 Å². The highest BCUT2D eigenvalue weighted by Crippen LogP contribution is 2.27. The lowest BCUT2D eigenvalue weighted by molar-refractivity contribution is -0.0274. The zero-order valence-electron chi connectivity index (χ0n) is 16.0. The summed E-state index contributed by atoms with van der Waals surface area (Å²) in [5.41, 5.74) is 0.938. The van der Waals surface area contributed by atoms with Gasteiger partial charge in [-0.05, 0) is 43.4 Å². The van der Waals surface area contributed by atoms with Crippen molar-refractivity contribution in [2.75, 3.05) is 13.7 Å². The highest BCUT2D eigenvalue weighted by Gasteiger charge is 2.21. The largest absolute Gasteiger partial charge is 0.504 e. The van der Waals surface area contributed by atoms with Gasteiger partial charge in [-0.15, -0.1) is 0 Å². The van der Waals surface area contributed by atoms with Crippen LogP contribution >= 0.6 is 0 Å². The number of aromatic hydroxyl groups is 1. The molecule has 2 unspecified atom stereocenters. The molecule has 0 saturated carbocycles. The van der Waals surface area contributed by atoms with Crippen molar-refractivity contribution >= 4 is 6.08 Å². The maximum Gasteiger partial charge on any atom is 0.161 e. The first kappa shape index (κ1) is 20.6. The van der Waals surface area contributed by atoms with Gasteiger partial charge >= 0.3 is 0 Å². The summed E-state index contributed by atoms with van der Waals surface area (Å²) >= 11 is 0. The molecule has 0 fully saturated rings. The van der Waals surface area contributed by atoms with Gasteiger partial charge in [0.05, 0.1) is 19.3 Å². The second kappa shape index (κ2) is 10.4. The fourth-order valence-corrected chi connectivity index (χ4v) is 2.61. The molecule has 0 bridgehead atoms. The van der Waals surface area contributed by atoms with E-state index in [0.717, 1.165) is 24.3 Å². The molecule has 1 N–H and O–H groups in total. The van der Waals surface area contributed by atoms with E-state index in [4.69, 9.17) is 9.47 Å². The first-order valence-electron chi connectivity index (χ1n) is 9.11. The number of phenolic OH excluding ortho intramolecular Hbond substituents is 1. The molecule has 0 aliphatic carbocycles. The van der Waals surface area contributed by atoms with E-state index >= 15 is 0 Å². The summed E-state index contributed by atoms with van der Waals surface area (Å²) in [4.78, 5) is 0. The van der Waals surface area contributed by atoms with Crippen molar-refractivity contribution < 1.29 is 14.6 Å². The van der Waals surface area contributed by atoms with Crippen LogP contribution < -0.4 is 4.74 Å². The maximum atomic E-state index is 9.61. The third-order valence-corrected chi connectivity index (χ3v) is 4.89. The van der Waals surface area contributed by atoms with Crippen LogP contribution in [0.2, 0.25) is 0 Å². The lowest BCUT2D eigenvalue weighted by atomic mass is 9.92. The minimum atomic E-state index is -0.0511. The van der Waals surface area contributed by atoms with Crippen molar-refractivity contribution in [1.29, 1.82) is 0 Å². The minimum absolute atomic E-state index is 0.0511. The Morgan fingerprint density at radius 2 is 2.04 bits per heavy atom. The van der Waals surface area contributed by atoms with Crippen LogP contribution in [0.25, 0.3) is 6.08 Å². The Labute approximate surface area is 147 Å². The average Bonchev–Trinajstić information content (AvgIpc) is 2.59. The van der Waals surface area contributed by atoms with E-state index in [9.17, 15) is 5.11 Å². The van der Waals surface area contributed by atoms with E-state index in [1.807, 2.05) is 24.3 Å². The average molecular weight is 335 g/mol. The van der Waals surface area contributed by atoms with Gasteiger partial charge in [0.15, 0.2) is 11.5 Å². The summed E-state index contributed by atoms with van der Waals surface area (Å²) in [6.45, 7) is 9.57. The molecule has 3 heteroatoms. The topological polar surface area (TPSA) is 38.7 Å². The Morgan fingerprint density at radius 3 is 2.67 bits per heavy atom. The molecule has 0 radical (unpaired) electrons. The lowest BCUT2D eigenvalue weighted by Crippen LogP contribution is -2.28. The maximum absolute atomic E-state index is 9.61. The Morgan fingerprint density at radius 1 is 1.29 bits per heavy atom. The molecular weight excluding hydrogens is 300 g/mol.